The Hall–Kier alpha value is -2.66. The number of sulfonamides is 1. The van der Waals surface area contributed by atoms with Crippen LogP contribution in [0.4, 0.5) is 23.2 Å². The third-order valence-electron chi connectivity index (χ3n) is 5.30. The Morgan fingerprint density at radius 3 is 2.53 bits per heavy atom. The lowest BCUT2D eigenvalue weighted by Crippen LogP contribution is -2.43. The van der Waals surface area contributed by atoms with Crippen LogP contribution in [0.1, 0.15) is 24.0 Å². The molecule has 1 heterocycles. The van der Waals surface area contributed by atoms with Crippen molar-refractivity contribution in [2.24, 2.45) is 5.92 Å². The molecule has 1 aliphatic rings. The Labute approximate surface area is 183 Å². The van der Waals surface area contributed by atoms with Crippen molar-refractivity contribution in [3.63, 3.8) is 0 Å². The van der Waals surface area contributed by atoms with Crippen molar-refractivity contribution in [1.82, 2.24) is 4.31 Å². The van der Waals surface area contributed by atoms with E-state index in [-0.39, 0.29) is 23.7 Å². The maximum atomic E-state index is 13.5. The van der Waals surface area contributed by atoms with E-state index in [1.54, 1.807) is 13.0 Å². The molecule has 1 saturated heterocycles. The second-order valence-electron chi connectivity index (χ2n) is 7.52. The minimum absolute atomic E-state index is 0.0604. The van der Waals surface area contributed by atoms with Gasteiger partial charge in [0.05, 0.1) is 23.5 Å². The molecule has 0 aliphatic carbocycles. The van der Waals surface area contributed by atoms with Gasteiger partial charge in [-0.05, 0) is 61.7 Å². The first-order valence-electron chi connectivity index (χ1n) is 9.76. The summed E-state index contributed by atoms with van der Waals surface area (Å²) in [6, 6.07) is 6.62. The first kappa shape index (κ1) is 24.0. The molecule has 6 nitrogen and oxygen atoms in total. The van der Waals surface area contributed by atoms with Crippen LogP contribution < -0.4 is 10.1 Å². The molecule has 0 spiro atoms. The third-order valence-corrected chi connectivity index (χ3v) is 7.16. The van der Waals surface area contributed by atoms with Gasteiger partial charge in [0.15, 0.2) is 0 Å². The summed E-state index contributed by atoms with van der Waals surface area (Å²) in [5, 5.41) is 2.34. The number of ether oxygens (including phenoxy) is 1. The maximum Gasteiger partial charge on any atom is 0.419 e. The Kier molecular flexibility index (Phi) is 6.80. The number of hydrogen-bond donors (Lipinski definition) is 1. The first-order chi connectivity index (χ1) is 14.9. The van der Waals surface area contributed by atoms with E-state index in [4.69, 9.17) is 4.74 Å². The molecule has 1 fully saturated rings. The van der Waals surface area contributed by atoms with E-state index in [1.165, 1.54) is 23.5 Å². The van der Waals surface area contributed by atoms with Gasteiger partial charge in [-0.2, -0.15) is 17.5 Å². The van der Waals surface area contributed by atoms with E-state index in [0.29, 0.717) is 36.3 Å². The number of piperidine rings is 1. The third kappa shape index (κ3) is 5.04. The van der Waals surface area contributed by atoms with Gasteiger partial charge in [0.2, 0.25) is 15.9 Å². The average Bonchev–Trinajstić information content (AvgIpc) is 2.74. The van der Waals surface area contributed by atoms with Crippen LogP contribution in [0.5, 0.6) is 5.75 Å². The number of hydrogen-bond acceptors (Lipinski definition) is 4. The number of aryl methyl sites for hydroxylation is 1. The Morgan fingerprint density at radius 2 is 1.91 bits per heavy atom. The predicted molar refractivity (Wildman–Crippen MR) is 109 cm³/mol. The molecule has 1 aliphatic heterocycles. The van der Waals surface area contributed by atoms with Crippen LogP contribution in [0, 0.1) is 18.7 Å². The highest BCUT2D eigenvalue weighted by molar-refractivity contribution is 7.89. The Morgan fingerprint density at radius 1 is 1.19 bits per heavy atom. The molecular weight excluding hydrogens is 452 g/mol. The molecule has 3 rings (SSSR count). The largest absolute Gasteiger partial charge is 0.496 e. The number of benzene rings is 2. The standard InChI is InChI=1S/C21H22F4N2O4S/c1-13-10-16(6-8-19(13)31-2)32(29,30)27-9-3-4-14(12-27)20(28)26-15-5-7-18(22)17(11-15)21(23,24)25/h5-8,10-11,14H,3-4,9,12H2,1-2H3,(H,26,28). The van der Waals surface area contributed by atoms with Gasteiger partial charge < -0.3 is 10.1 Å². The number of methoxy groups -OCH3 is 1. The summed E-state index contributed by atoms with van der Waals surface area (Å²) in [6.45, 7) is 1.81. The Balaban J connectivity index is 1.76. The zero-order chi connectivity index (χ0) is 23.7. The van der Waals surface area contributed by atoms with E-state index >= 15 is 0 Å². The van der Waals surface area contributed by atoms with Gasteiger partial charge in [0, 0.05) is 18.8 Å². The fourth-order valence-corrected chi connectivity index (χ4v) is 5.21. The zero-order valence-electron chi connectivity index (χ0n) is 17.4. The minimum Gasteiger partial charge on any atom is -0.496 e. The summed E-state index contributed by atoms with van der Waals surface area (Å²) in [5.74, 6) is -2.30. The molecular formula is C21H22F4N2O4S. The minimum atomic E-state index is -4.91. The summed E-state index contributed by atoms with van der Waals surface area (Å²) < 4.78 is 84.6. The zero-order valence-corrected chi connectivity index (χ0v) is 18.2. The number of carbonyl (C=O) groups is 1. The molecule has 1 atom stereocenters. The van der Waals surface area contributed by atoms with Crippen LogP contribution in [0.25, 0.3) is 0 Å². The quantitative estimate of drug-likeness (QED) is 0.659. The molecule has 1 amide bonds. The number of nitrogens with one attached hydrogen (secondary N) is 1. The number of anilines is 1. The summed E-state index contributed by atoms with van der Waals surface area (Å²) in [7, 11) is -2.41. The van der Waals surface area contributed by atoms with Crippen molar-refractivity contribution in [2.75, 3.05) is 25.5 Å². The number of carbonyl (C=O) groups excluding carboxylic acids is 1. The molecule has 0 radical (unpaired) electrons. The fraction of sp³-hybridized carbons (Fsp3) is 0.381. The lowest BCUT2D eigenvalue weighted by Gasteiger charge is -2.31. The number of rotatable bonds is 5. The monoisotopic (exact) mass is 474 g/mol. The van der Waals surface area contributed by atoms with Crippen molar-refractivity contribution in [1.29, 1.82) is 0 Å². The number of nitrogens with zero attached hydrogens (tertiary/aromatic N) is 1. The molecule has 2 aromatic rings. The normalized spacial score (nSPS) is 17.8. The van der Waals surface area contributed by atoms with Gasteiger partial charge in [-0.1, -0.05) is 0 Å². The molecule has 1 N–H and O–H groups in total. The van der Waals surface area contributed by atoms with Gasteiger partial charge in [-0.25, -0.2) is 12.8 Å². The number of alkyl halides is 3. The molecule has 0 bridgehead atoms. The van der Waals surface area contributed by atoms with Gasteiger partial charge in [0.25, 0.3) is 0 Å². The second-order valence-corrected chi connectivity index (χ2v) is 9.45. The molecule has 174 valence electrons. The summed E-state index contributed by atoms with van der Waals surface area (Å²) in [4.78, 5) is 12.7. The van der Waals surface area contributed by atoms with Gasteiger partial charge in [0.1, 0.15) is 11.6 Å². The predicted octanol–water partition coefficient (Wildman–Crippen LogP) is 4.20. The van der Waals surface area contributed by atoms with Crippen molar-refractivity contribution < 1.29 is 35.5 Å². The van der Waals surface area contributed by atoms with E-state index in [9.17, 15) is 30.8 Å². The van der Waals surface area contributed by atoms with E-state index in [0.717, 1.165) is 6.07 Å². The van der Waals surface area contributed by atoms with Crippen LogP contribution in [0.3, 0.4) is 0 Å². The molecule has 1 unspecified atom stereocenters. The average molecular weight is 474 g/mol. The van der Waals surface area contributed by atoms with Crippen LogP contribution in [0.2, 0.25) is 0 Å². The SMILES string of the molecule is COc1ccc(S(=O)(=O)N2CCCC(C(=O)Nc3ccc(F)c(C(F)(F)F)c3)C2)cc1C. The van der Waals surface area contributed by atoms with E-state index in [2.05, 4.69) is 5.32 Å². The van der Waals surface area contributed by atoms with Crippen molar-refractivity contribution in [3.8, 4) is 5.75 Å². The van der Waals surface area contributed by atoms with Crippen LogP contribution in [-0.4, -0.2) is 38.8 Å². The first-order valence-corrected chi connectivity index (χ1v) is 11.2. The van der Waals surface area contributed by atoms with Gasteiger partial charge in [-0.3, -0.25) is 4.79 Å². The highest BCUT2D eigenvalue weighted by atomic mass is 32.2. The highest BCUT2D eigenvalue weighted by Crippen LogP contribution is 2.33. The van der Waals surface area contributed by atoms with Gasteiger partial charge in [-0.15, -0.1) is 0 Å². The highest BCUT2D eigenvalue weighted by Gasteiger charge is 2.36. The lowest BCUT2D eigenvalue weighted by molar-refractivity contribution is -0.140. The number of halogens is 4. The van der Waals surface area contributed by atoms with Crippen LogP contribution in [-0.2, 0) is 21.0 Å². The molecule has 32 heavy (non-hydrogen) atoms. The smallest absolute Gasteiger partial charge is 0.419 e. The van der Waals surface area contributed by atoms with Crippen molar-refractivity contribution in [2.45, 2.75) is 30.8 Å². The molecule has 0 aromatic heterocycles. The summed E-state index contributed by atoms with van der Waals surface area (Å²) in [6.07, 6.45) is -4.13. The second kappa shape index (κ2) is 9.07. The van der Waals surface area contributed by atoms with Gasteiger partial charge >= 0.3 is 6.18 Å². The summed E-state index contributed by atoms with van der Waals surface area (Å²) in [5.41, 5.74) is -1.07. The fourth-order valence-electron chi connectivity index (χ4n) is 3.60. The number of amides is 1. The molecule has 11 heteroatoms. The van der Waals surface area contributed by atoms with Crippen LogP contribution in [0.15, 0.2) is 41.3 Å². The van der Waals surface area contributed by atoms with Crippen molar-refractivity contribution in [3.05, 3.63) is 53.3 Å². The summed E-state index contributed by atoms with van der Waals surface area (Å²) >= 11 is 0. The maximum absolute atomic E-state index is 13.5. The lowest BCUT2D eigenvalue weighted by atomic mass is 9.98. The Bertz CT molecular complexity index is 1120. The molecule has 2 aromatic carbocycles. The van der Waals surface area contributed by atoms with Crippen molar-refractivity contribution >= 4 is 21.6 Å². The molecule has 0 saturated carbocycles. The topological polar surface area (TPSA) is 75.7 Å². The van der Waals surface area contributed by atoms with E-state index < -0.39 is 39.4 Å². The van der Waals surface area contributed by atoms with E-state index in [1.807, 2.05) is 0 Å². The van der Waals surface area contributed by atoms with Crippen LogP contribution >= 0.6 is 0 Å².